The van der Waals surface area contributed by atoms with Gasteiger partial charge < -0.3 is 50.0 Å². The molecule has 4 aliphatic rings. The third-order valence-corrected chi connectivity index (χ3v) is 10.7. The number of carbonyl (C=O) groups is 7. The van der Waals surface area contributed by atoms with Crippen molar-refractivity contribution in [3.05, 3.63) is 82.2 Å². The molecule has 17 heteroatoms. The predicted octanol–water partition coefficient (Wildman–Crippen LogP) is -2.56. The monoisotopic (exact) mass is 824 g/mol. The van der Waals surface area contributed by atoms with Crippen LogP contribution in [0.5, 0.6) is 0 Å². The van der Waals surface area contributed by atoms with Crippen molar-refractivity contribution in [2.45, 2.75) is 84.6 Å². The molecule has 0 bridgehead atoms. The number of amides is 4. The number of nitrogens with zero attached hydrogens (tertiary/aromatic N) is 2. The zero-order valence-corrected chi connectivity index (χ0v) is 36.5. The molecule has 2 aromatic carbocycles. The molecular formula is C42H49N4NaO12. The summed E-state index contributed by atoms with van der Waals surface area (Å²) in [5.41, 5.74) is 3.10. The van der Waals surface area contributed by atoms with Crippen LogP contribution in [0.1, 0.15) is 69.7 Å². The predicted molar refractivity (Wildman–Crippen MR) is 205 cm³/mol. The maximum Gasteiger partial charge on any atom is 1.00 e. The number of hydrogen-bond donors (Lipinski definition) is 4. The number of likely N-dealkylation sites (N-methyl/N-ethyl adjacent to an activating group) is 2. The third kappa shape index (κ3) is 9.79. The van der Waals surface area contributed by atoms with Crippen LogP contribution in [0.25, 0.3) is 11.1 Å². The number of esters is 2. The molecule has 0 spiro atoms. The summed E-state index contributed by atoms with van der Waals surface area (Å²) in [6.07, 6.45) is -0.646. The largest absolute Gasteiger partial charge is 1.00 e. The number of β-lactam (4-membered cyclic amide) rings is 2. The summed E-state index contributed by atoms with van der Waals surface area (Å²) in [6.45, 7) is 7.54. The average Bonchev–Trinajstić information content (AvgIpc) is 3.68. The van der Waals surface area contributed by atoms with Gasteiger partial charge in [0.2, 0.25) is 30.4 Å². The Hall–Kier alpha value is -4.87. The fraction of sp³-hybridized carbons (Fsp3) is 0.452. The van der Waals surface area contributed by atoms with Gasteiger partial charge in [0.05, 0.1) is 66.1 Å². The third-order valence-electron chi connectivity index (χ3n) is 10.7. The number of aliphatic hydroxyl groups is 2. The number of rotatable bonds is 12. The summed E-state index contributed by atoms with van der Waals surface area (Å²) in [6, 6.07) is 13.5. The second-order valence-corrected chi connectivity index (χ2v) is 15.8. The molecule has 0 saturated carbocycles. The van der Waals surface area contributed by atoms with Crippen molar-refractivity contribution >= 4 is 52.7 Å². The van der Waals surface area contributed by atoms with Crippen molar-refractivity contribution < 1.29 is 87.9 Å². The van der Waals surface area contributed by atoms with E-state index in [1.165, 1.54) is 16.7 Å². The molecule has 6 atom stereocenters. The van der Waals surface area contributed by atoms with Gasteiger partial charge in [-0.05, 0) is 80.9 Å². The smallest absolute Gasteiger partial charge is 0.543 e. The number of carboxylic acid groups (broad SMARTS) is 1. The van der Waals surface area contributed by atoms with E-state index in [0.717, 1.165) is 11.1 Å². The Morgan fingerprint density at radius 3 is 1.58 bits per heavy atom. The van der Waals surface area contributed by atoms with Crippen LogP contribution in [0.4, 0.5) is 0 Å². The molecule has 59 heavy (non-hydrogen) atoms. The molecule has 16 nitrogen and oxygen atoms in total. The summed E-state index contributed by atoms with van der Waals surface area (Å²) < 4.78 is 10.2. The maximum absolute atomic E-state index is 13.0. The summed E-state index contributed by atoms with van der Waals surface area (Å²) >= 11 is 0. The van der Waals surface area contributed by atoms with E-state index in [-0.39, 0.29) is 83.6 Å². The molecule has 0 aromatic heterocycles. The van der Waals surface area contributed by atoms with Crippen molar-refractivity contribution in [3.63, 3.8) is 0 Å². The maximum atomic E-state index is 13.0. The Morgan fingerprint density at radius 1 is 0.763 bits per heavy atom. The van der Waals surface area contributed by atoms with Crippen molar-refractivity contribution in [1.82, 2.24) is 20.4 Å². The normalized spacial score (nSPS) is 21.4. The van der Waals surface area contributed by atoms with E-state index in [9.17, 15) is 48.9 Å². The Kier molecular flexibility index (Phi) is 15.1. The minimum absolute atomic E-state index is 0. The number of hydrogen-bond acceptors (Lipinski definition) is 12. The topological polar surface area (TPSA) is 232 Å². The fourth-order valence-electron chi connectivity index (χ4n) is 7.74. The number of benzene rings is 2. The average molecular weight is 825 g/mol. The second-order valence-electron chi connectivity index (χ2n) is 15.8. The van der Waals surface area contributed by atoms with E-state index in [2.05, 4.69) is 10.6 Å². The van der Waals surface area contributed by atoms with E-state index < -0.39 is 60.1 Å². The van der Waals surface area contributed by atoms with Crippen molar-refractivity contribution in [2.24, 2.45) is 17.3 Å². The summed E-state index contributed by atoms with van der Waals surface area (Å²) in [4.78, 5) is 87.4. The SMILES string of the molecule is CNC(=O)Cc1cccc(C2=C(C(=O)OCOC(=O)C(C)(C)C)N3C(=O)[C@H]([C@@H](C)O)[C@H]3C2)c1.CNC(=O)Cc1cccc(C2=C(C(=O)[O-])N3C(=O)[C@H]([C@@H](C)O)[C@H]3C2)c1.[Na+]. The number of fused-ring (bicyclic) bond motifs is 2. The first kappa shape index (κ1) is 46.8. The molecule has 0 radical (unpaired) electrons. The Balaban J connectivity index is 0.000000265. The van der Waals surface area contributed by atoms with Crippen molar-refractivity contribution in [1.29, 1.82) is 0 Å². The molecule has 4 aliphatic heterocycles. The van der Waals surface area contributed by atoms with Gasteiger partial charge in [-0.2, -0.15) is 0 Å². The van der Waals surface area contributed by atoms with E-state index in [0.29, 0.717) is 35.1 Å². The minimum Gasteiger partial charge on any atom is -0.543 e. The van der Waals surface area contributed by atoms with Crippen LogP contribution < -0.4 is 45.3 Å². The number of carboxylic acids is 1. The molecule has 6 rings (SSSR count). The number of aliphatic hydroxyl groups excluding tert-OH is 2. The van der Waals surface area contributed by atoms with Crippen LogP contribution in [0.2, 0.25) is 0 Å². The van der Waals surface area contributed by atoms with Gasteiger partial charge in [-0.3, -0.25) is 24.0 Å². The van der Waals surface area contributed by atoms with Crippen LogP contribution in [0.15, 0.2) is 59.9 Å². The van der Waals surface area contributed by atoms with E-state index in [4.69, 9.17) is 9.47 Å². The molecule has 310 valence electrons. The van der Waals surface area contributed by atoms with Crippen LogP contribution in [0, 0.1) is 17.3 Å². The van der Waals surface area contributed by atoms with Gasteiger partial charge in [-0.15, -0.1) is 0 Å². The molecule has 0 aliphatic carbocycles. The second kappa shape index (κ2) is 19.0. The van der Waals surface area contributed by atoms with Crippen LogP contribution in [0.3, 0.4) is 0 Å². The van der Waals surface area contributed by atoms with Crippen molar-refractivity contribution in [2.75, 3.05) is 20.9 Å². The number of carbonyl (C=O) groups excluding carboxylic acids is 7. The quantitative estimate of drug-likeness (QED) is 0.0750. The fourth-order valence-corrected chi connectivity index (χ4v) is 7.74. The van der Waals surface area contributed by atoms with E-state index in [1.807, 2.05) is 0 Å². The summed E-state index contributed by atoms with van der Waals surface area (Å²) in [7, 11) is 3.10. The van der Waals surface area contributed by atoms with Gasteiger partial charge >= 0.3 is 41.5 Å². The van der Waals surface area contributed by atoms with Crippen LogP contribution >= 0.6 is 0 Å². The van der Waals surface area contributed by atoms with Gasteiger partial charge in [-0.1, -0.05) is 48.5 Å². The van der Waals surface area contributed by atoms with Crippen LogP contribution in [-0.4, -0.2) is 107 Å². The molecule has 4 N–H and O–H groups in total. The Bertz CT molecular complexity index is 2090. The first-order valence-corrected chi connectivity index (χ1v) is 18.9. The molecule has 2 aromatic rings. The first-order chi connectivity index (χ1) is 27.3. The van der Waals surface area contributed by atoms with Gasteiger partial charge in [0.1, 0.15) is 5.70 Å². The number of ether oxygens (including phenoxy) is 2. The Labute approximate surface area is 364 Å². The first-order valence-electron chi connectivity index (χ1n) is 18.9. The van der Waals surface area contributed by atoms with E-state index >= 15 is 0 Å². The van der Waals surface area contributed by atoms with Gasteiger partial charge in [0.25, 0.3) is 0 Å². The minimum atomic E-state index is -1.41. The standard InChI is InChI=1S/C24H30N2O7.C18H20N2O5.Na/c1-13(27)19-17-11-16(15-8-6-7-14(9-15)10-18(28)25-5)20(26(17)21(19)29)22(30)32-12-33-23(31)24(2,3)4;1-9(21)15-13-8-12(16(18(24)25)20(13)17(15)23)11-5-3-4-10(6-11)7-14(22)19-2;/h6-9,13,17,19,27H,10-12H2,1-5H3,(H,25,28);3-6,9,13,15,21H,7-8H2,1-2H3,(H,19,22)(H,24,25);/q;;+1/p-1/t13-,17-,19-;9-,13-,15-;/m11./s1. The van der Waals surface area contributed by atoms with Gasteiger partial charge in [0, 0.05) is 14.1 Å². The molecule has 4 heterocycles. The number of nitrogens with one attached hydrogen (secondary N) is 2. The molecule has 0 unspecified atom stereocenters. The molecular weight excluding hydrogens is 775 g/mol. The van der Waals surface area contributed by atoms with Gasteiger partial charge in [-0.25, -0.2) is 4.79 Å². The zero-order chi connectivity index (χ0) is 42.8. The summed E-state index contributed by atoms with van der Waals surface area (Å²) in [5.74, 6) is -4.98. The Morgan fingerprint density at radius 2 is 1.19 bits per heavy atom. The molecule has 4 amide bonds. The van der Waals surface area contributed by atoms with Gasteiger partial charge in [0.15, 0.2) is 0 Å². The summed E-state index contributed by atoms with van der Waals surface area (Å²) in [5, 5.41) is 36.5. The van der Waals surface area contributed by atoms with Crippen LogP contribution in [-0.2, 0) is 55.9 Å². The van der Waals surface area contributed by atoms with Crippen molar-refractivity contribution in [3.8, 4) is 0 Å². The van der Waals surface area contributed by atoms with E-state index in [1.54, 1.807) is 90.3 Å². The molecule has 2 saturated heterocycles. The zero-order valence-electron chi connectivity index (χ0n) is 34.5. The number of aliphatic carboxylic acids is 1. The molecule has 2 fully saturated rings.